The molecule has 2 aromatic rings. The molecule has 12 heteroatoms. The van der Waals surface area contributed by atoms with Crippen LogP contribution in [0, 0.1) is 0 Å². The number of rotatable bonds is 5. The zero-order valence-electron chi connectivity index (χ0n) is 14.2. The largest absolute Gasteiger partial charge is 0.426 e. The van der Waals surface area contributed by atoms with E-state index in [1.54, 1.807) is 0 Å². The van der Waals surface area contributed by atoms with Gasteiger partial charge in [-0.25, -0.2) is 8.42 Å². The molecule has 0 aliphatic heterocycles. The molecule has 0 spiro atoms. The van der Waals surface area contributed by atoms with Crippen molar-refractivity contribution >= 4 is 44.6 Å². The second-order valence-corrected chi connectivity index (χ2v) is 7.98. The molecule has 0 bridgehead atoms. The summed E-state index contributed by atoms with van der Waals surface area (Å²) in [6.07, 6.45) is -5.21. The number of nitrogen functional groups attached to an aromatic ring is 1. The number of hydrogen-bond donors (Lipinski definition) is 4. The first-order valence-corrected chi connectivity index (χ1v) is 9.38. The van der Waals surface area contributed by atoms with Crippen molar-refractivity contribution in [2.45, 2.75) is 23.6 Å². The highest BCUT2D eigenvalue weighted by atomic mass is 35.5. The quantitative estimate of drug-likeness (QED) is 0.536. The third-order valence-electron chi connectivity index (χ3n) is 3.66. The Hall–Kier alpha value is -2.50. The van der Waals surface area contributed by atoms with E-state index in [0.717, 1.165) is 18.2 Å². The zero-order chi connectivity index (χ0) is 21.3. The Kier molecular flexibility index (Phi) is 5.83. The summed E-state index contributed by atoms with van der Waals surface area (Å²) in [4.78, 5) is 11.4. The molecule has 28 heavy (non-hydrogen) atoms. The first kappa shape index (κ1) is 21.8. The lowest BCUT2D eigenvalue weighted by Crippen LogP contribution is -2.52. The molecular formula is C16H15ClF3N3O4S. The lowest BCUT2D eigenvalue weighted by molar-refractivity contribution is -0.242. The zero-order valence-corrected chi connectivity index (χ0v) is 15.8. The molecule has 1 amide bonds. The Labute approximate surface area is 163 Å². The molecule has 0 heterocycles. The minimum absolute atomic E-state index is 0.226. The molecule has 0 radical (unpaired) electrons. The first-order chi connectivity index (χ1) is 12.7. The van der Waals surface area contributed by atoms with Gasteiger partial charge in [-0.05, 0) is 49.4 Å². The molecule has 2 aromatic carbocycles. The number of sulfonamides is 1. The van der Waals surface area contributed by atoms with Crippen LogP contribution in [0.5, 0.6) is 0 Å². The normalized spacial score (nSPS) is 14.2. The highest BCUT2D eigenvalue weighted by molar-refractivity contribution is 7.92. The second-order valence-electron chi connectivity index (χ2n) is 5.89. The number of nitrogens with one attached hydrogen (secondary N) is 2. The van der Waals surface area contributed by atoms with E-state index in [4.69, 9.17) is 17.3 Å². The monoisotopic (exact) mass is 437 g/mol. The number of alkyl halides is 3. The molecule has 0 aromatic heterocycles. The number of aliphatic hydroxyl groups is 1. The van der Waals surface area contributed by atoms with Gasteiger partial charge in [-0.2, -0.15) is 13.2 Å². The van der Waals surface area contributed by atoms with Gasteiger partial charge in [0.25, 0.3) is 15.9 Å². The average molecular weight is 438 g/mol. The standard InChI is InChI=1S/C16H15ClF3N3O4S/c1-15(25,16(18,19)20)14(24)22-13-7-6-11(8-12(13)17)28(26,27)23-10-4-2-9(21)3-5-10/h2-8,23,25H,21H2,1H3,(H,22,24)/t15-/m1/s1. The van der Waals surface area contributed by atoms with Crippen LogP contribution in [-0.2, 0) is 14.8 Å². The first-order valence-electron chi connectivity index (χ1n) is 7.52. The molecule has 152 valence electrons. The Balaban J connectivity index is 2.24. The molecule has 7 nitrogen and oxygen atoms in total. The van der Waals surface area contributed by atoms with Crippen molar-refractivity contribution in [1.82, 2.24) is 0 Å². The molecule has 0 unspecified atom stereocenters. The van der Waals surface area contributed by atoms with Crippen molar-refractivity contribution in [2.24, 2.45) is 0 Å². The predicted octanol–water partition coefficient (Wildman–Crippen LogP) is 2.97. The van der Waals surface area contributed by atoms with Crippen molar-refractivity contribution < 1.29 is 31.5 Å². The molecule has 0 aliphatic rings. The van der Waals surface area contributed by atoms with E-state index >= 15 is 0 Å². The van der Waals surface area contributed by atoms with Crippen LogP contribution in [0.1, 0.15) is 6.92 Å². The van der Waals surface area contributed by atoms with E-state index < -0.39 is 27.7 Å². The van der Waals surface area contributed by atoms with E-state index in [0.29, 0.717) is 5.69 Å². The Morgan fingerprint density at radius 1 is 1.14 bits per heavy atom. The number of benzene rings is 2. The Bertz CT molecular complexity index is 993. The number of carbonyl (C=O) groups excluding carboxylic acids is 1. The summed E-state index contributed by atoms with van der Waals surface area (Å²) >= 11 is 5.88. The summed E-state index contributed by atoms with van der Waals surface area (Å²) in [5.41, 5.74) is 2.22. The van der Waals surface area contributed by atoms with Gasteiger partial charge in [-0.1, -0.05) is 11.6 Å². The van der Waals surface area contributed by atoms with E-state index in [1.807, 2.05) is 5.32 Å². The van der Waals surface area contributed by atoms with Gasteiger partial charge in [-0.3, -0.25) is 9.52 Å². The summed E-state index contributed by atoms with van der Waals surface area (Å²) < 4.78 is 65.1. The van der Waals surface area contributed by atoms with E-state index in [2.05, 4.69) is 4.72 Å². The van der Waals surface area contributed by atoms with Crippen molar-refractivity contribution in [3.05, 3.63) is 47.5 Å². The number of nitrogens with two attached hydrogens (primary N) is 1. The van der Waals surface area contributed by atoms with Crippen molar-refractivity contribution in [3.8, 4) is 0 Å². The summed E-state index contributed by atoms with van der Waals surface area (Å²) in [7, 11) is -4.06. The molecule has 0 fully saturated rings. The van der Waals surface area contributed by atoms with Crippen LogP contribution in [0.4, 0.5) is 30.2 Å². The third-order valence-corrected chi connectivity index (χ3v) is 5.35. The van der Waals surface area contributed by atoms with Crippen LogP contribution in [0.3, 0.4) is 0 Å². The van der Waals surface area contributed by atoms with Crippen LogP contribution in [-0.4, -0.2) is 31.2 Å². The maximum atomic E-state index is 12.7. The predicted molar refractivity (Wildman–Crippen MR) is 98.4 cm³/mol. The van der Waals surface area contributed by atoms with Gasteiger partial charge in [0, 0.05) is 11.4 Å². The number of halogens is 4. The minimum atomic E-state index is -5.21. The smallest absolute Gasteiger partial charge is 0.399 e. The topological polar surface area (TPSA) is 122 Å². The molecule has 0 saturated carbocycles. The second kappa shape index (κ2) is 7.49. The van der Waals surface area contributed by atoms with Crippen molar-refractivity contribution in [3.63, 3.8) is 0 Å². The molecule has 5 N–H and O–H groups in total. The molecule has 2 rings (SSSR count). The number of amides is 1. The highest BCUT2D eigenvalue weighted by Gasteiger charge is 2.55. The van der Waals surface area contributed by atoms with Crippen LogP contribution in [0.25, 0.3) is 0 Å². The van der Waals surface area contributed by atoms with Crippen LogP contribution >= 0.6 is 11.6 Å². The van der Waals surface area contributed by atoms with Crippen LogP contribution < -0.4 is 15.8 Å². The molecular weight excluding hydrogens is 423 g/mol. The Morgan fingerprint density at radius 2 is 1.71 bits per heavy atom. The van der Waals surface area contributed by atoms with Gasteiger partial charge in [0.15, 0.2) is 0 Å². The van der Waals surface area contributed by atoms with E-state index in [9.17, 15) is 31.5 Å². The van der Waals surface area contributed by atoms with E-state index in [-0.39, 0.29) is 28.2 Å². The fraction of sp³-hybridized carbons (Fsp3) is 0.188. The fourth-order valence-corrected chi connectivity index (χ4v) is 3.28. The average Bonchev–Trinajstić information content (AvgIpc) is 2.57. The van der Waals surface area contributed by atoms with Crippen molar-refractivity contribution in [2.75, 3.05) is 15.8 Å². The van der Waals surface area contributed by atoms with Crippen LogP contribution in [0.15, 0.2) is 47.4 Å². The van der Waals surface area contributed by atoms with Gasteiger partial charge in [0.05, 0.1) is 15.6 Å². The molecule has 1 atom stereocenters. The van der Waals surface area contributed by atoms with Gasteiger partial charge in [0.1, 0.15) is 0 Å². The van der Waals surface area contributed by atoms with E-state index in [1.165, 1.54) is 24.3 Å². The van der Waals surface area contributed by atoms with Gasteiger partial charge >= 0.3 is 6.18 Å². The van der Waals surface area contributed by atoms with Gasteiger partial charge in [0.2, 0.25) is 5.60 Å². The van der Waals surface area contributed by atoms with Gasteiger partial charge < -0.3 is 16.2 Å². The third kappa shape index (κ3) is 4.66. The summed E-state index contributed by atoms with van der Waals surface area (Å²) in [5.74, 6) is -1.77. The number of anilines is 3. The van der Waals surface area contributed by atoms with Crippen LogP contribution in [0.2, 0.25) is 5.02 Å². The minimum Gasteiger partial charge on any atom is -0.399 e. The van der Waals surface area contributed by atoms with Crippen molar-refractivity contribution in [1.29, 1.82) is 0 Å². The van der Waals surface area contributed by atoms with Gasteiger partial charge in [-0.15, -0.1) is 0 Å². The fourth-order valence-electron chi connectivity index (χ4n) is 1.90. The maximum Gasteiger partial charge on any atom is 0.426 e. The molecule has 0 aliphatic carbocycles. The lowest BCUT2D eigenvalue weighted by atomic mass is 10.1. The number of carbonyl (C=O) groups is 1. The lowest BCUT2D eigenvalue weighted by Gasteiger charge is -2.25. The summed E-state index contributed by atoms with van der Waals surface area (Å²) in [6, 6.07) is 8.81. The molecule has 0 saturated heterocycles. The Morgan fingerprint density at radius 3 is 2.21 bits per heavy atom. The highest BCUT2D eigenvalue weighted by Crippen LogP contribution is 2.33. The SMILES string of the molecule is C[C@@](O)(C(=O)Nc1ccc(S(=O)(=O)Nc2ccc(N)cc2)cc1Cl)C(F)(F)F. The maximum absolute atomic E-state index is 12.7. The number of hydrogen-bond acceptors (Lipinski definition) is 5. The summed E-state index contributed by atoms with van der Waals surface area (Å²) in [6.45, 7) is 0.283. The summed E-state index contributed by atoms with van der Waals surface area (Å²) in [5, 5.41) is 10.8.